The number of nitrogens with zero attached hydrogens (tertiary/aromatic N) is 1. The van der Waals surface area contributed by atoms with Crippen molar-refractivity contribution >= 4 is 0 Å². The van der Waals surface area contributed by atoms with Crippen LogP contribution in [0.4, 0.5) is 0 Å². The maximum Gasteiger partial charge on any atom is 0.0161 e. The predicted molar refractivity (Wildman–Crippen MR) is 66.9 cm³/mol. The van der Waals surface area contributed by atoms with Crippen molar-refractivity contribution in [3.63, 3.8) is 0 Å². The van der Waals surface area contributed by atoms with Crippen LogP contribution in [0.3, 0.4) is 0 Å². The summed E-state index contributed by atoms with van der Waals surface area (Å²) in [4.78, 5) is 2.52. The quantitative estimate of drug-likeness (QED) is 0.776. The van der Waals surface area contributed by atoms with Crippen LogP contribution in [0, 0.1) is 5.41 Å². The first-order chi connectivity index (χ1) is 6.74. The standard InChI is InChI=1S/C13H28N2/c1-12(2,13(3,4)14)10-15(5)11-8-6-7-9-11/h11H,6-10,14H2,1-5H3. The lowest BCUT2D eigenvalue weighted by Crippen LogP contribution is -2.53. The smallest absolute Gasteiger partial charge is 0.0161 e. The van der Waals surface area contributed by atoms with Gasteiger partial charge in [0, 0.05) is 18.1 Å². The first-order valence-corrected chi connectivity index (χ1v) is 6.23. The Hall–Kier alpha value is -0.0800. The SMILES string of the molecule is CN(CC(C)(C)C(C)(C)N)C1CCCC1. The molecule has 0 atom stereocenters. The van der Waals surface area contributed by atoms with E-state index in [2.05, 4.69) is 39.6 Å². The van der Waals surface area contributed by atoms with Crippen molar-refractivity contribution in [1.29, 1.82) is 0 Å². The Kier molecular flexibility index (Phi) is 3.83. The molecule has 15 heavy (non-hydrogen) atoms. The second-order valence-electron chi connectivity index (χ2n) is 6.46. The average Bonchev–Trinajstić information content (AvgIpc) is 2.51. The highest BCUT2D eigenvalue weighted by Crippen LogP contribution is 2.31. The van der Waals surface area contributed by atoms with Crippen LogP contribution in [-0.4, -0.2) is 30.1 Å². The number of hydrogen-bond acceptors (Lipinski definition) is 2. The van der Waals surface area contributed by atoms with Crippen molar-refractivity contribution in [1.82, 2.24) is 4.90 Å². The summed E-state index contributed by atoms with van der Waals surface area (Å²) < 4.78 is 0. The molecule has 1 rings (SSSR count). The zero-order valence-electron chi connectivity index (χ0n) is 11.1. The summed E-state index contributed by atoms with van der Waals surface area (Å²) >= 11 is 0. The zero-order valence-corrected chi connectivity index (χ0v) is 11.1. The number of hydrogen-bond donors (Lipinski definition) is 1. The zero-order chi connectivity index (χ0) is 11.7. The van der Waals surface area contributed by atoms with Gasteiger partial charge in [-0.05, 0) is 39.2 Å². The van der Waals surface area contributed by atoms with Gasteiger partial charge in [0.2, 0.25) is 0 Å². The second kappa shape index (κ2) is 4.42. The summed E-state index contributed by atoms with van der Waals surface area (Å²) in [5.41, 5.74) is 6.29. The lowest BCUT2D eigenvalue weighted by Gasteiger charge is -2.42. The minimum atomic E-state index is -0.111. The average molecular weight is 212 g/mol. The molecule has 0 aromatic heterocycles. The van der Waals surface area contributed by atoms with Crippen LogP contribution in [0.5, 0.6) is 0 Å². The van der Waals surface area contributed by atoms with Gasteiger partial charge in [0.25, 0.3) is 0 Å². The number of rotatable bonds is 4. The lowest BCUT2D eigenvalue weighted by atomic mass is 9.74. The fourth-order valence-electron chi connectivity index (χ4n) is 2.30. The van der Waals surface area contributed by atoms with E-state index >= 15 is 0 Å². The van der Waals surface area contributed by atoms with Gasteiger partial charge in [-0.2, -0.15) is 0 Å². The van der Waals surface area contributed by atoms with Gasteiger partial charge in [-0.1, -0.05) is 26.7 Å². The van der Waals surface area contributed by atoms with Crippen LogP contribution in [0.1, 0.15) is 53.4 Å². The van der Waals surface area contributed by atoms with Crippen LogP contribution in [0.2, 0.25) is 0 Å². The molecule has 2 nitrogen and oxygen atoms in total. The van der Waals surface area contributed by atoms with Crippen molar-refractivity contribution in [3.8, 4) is 0 Å². The van der Waals surface area contributed by atoms with Gasteiger partial charge >= 0.3 is 0 Å². The van der Waals surface area contributed by atoms with Crippen molar-refractivity contribution < 1.29 is 0 Å². The largest absolute Gasteiger partial charge is 0.325 e. The van der Waals surface area contributed by atoms with Crippen LogP contribution in [-0.2, 0) is 0 Å². The van der Waals surface area contributed by atoms with Gasteiger partial charge in [-0.15, -0.1) is 0 Å². The molecule has 0 aromatic carbocycles. The van der Waals surface area contributed by atoms with Gasteiger partial charge < -0.3 is 10.6 Å². The molecule has 0 aliphatic heterocycles. The summed E-state index contributed by atoms with van der Waals surface area (Å²) in [5.74, 6) is 0. The number of nitrogens with two attached hydrogens (primary N) is 1. The molecule has 0 spiro atoms. The van der Waals surface area contributed by atoms with E-state index in [4.69, 9.17) is 5.73 Å². The Labute approximate surface area is 95.2 Å². The van der Waals surface area contributed by atoms with Gasteiger partial charge in [0.05, 0.1) is 0 Å². The molecule has 1 aliphatic rings. The monoisotopic (exact) mass is 212 g/mol. The van der Waals surface area contributed by atoms with Crippen LogP contribution in [0.25, 0.3) is 0 Å². The molecule has 0 saturated heterocycles. The molecule has 1 aliphatic carbocycles. The molecule has 2 heteroatoms. The van der Waals surface area contributed by atoms with E-state index in [1.807, 2.05) is 0 Å². The predicted octanol–water partition coefficient (Wildman–Crippen LogP) is 2.62. The van der Waals surface area contributed by atoms with Crippen molar-refractivity contribution in [2.75, 3.05) is 13.6 Å². The van der Waals surface area contributed by atoms with Crippen LogP contribution < -0.4 is 5.73 Å². The lowest BCUT2D eigenvalue weighted by molar-refractivity contribution is 0.104. The van der Waals surface area contributed by atoms with Gasteiger partial charge in [-0.25, -0.2) is 0 Å². The van der Waals surface area contributed by atoms with Crippen LogP contribution >= 0.6 is 0 Å². The first-order valence-electron chi connectivity index (χ1n) is 6.23. The molecular weight excluding hydrogens is 184 g/mol. The van der Waals surface area contributed by atoms with Crippen molar-refractivity contribution in [2.24, 2.45) is 11.1 Å². The van der Waals surface area contributed by atoms with E-state index < -0.39 is 0 Å². The Morgan fingerprint density at radius 3 is 2.00 bits per heavy atom. The van der Waals surface area contributed by atoms with Gasteiger partial charge in [0.1, 0.15) is 0 Å². The van der Waals surface area contributed by atoms with E-state index in [1.54, 1.807) is 0 Å². The highest BCUT2D eigenvalue weighted by Gasteiger charge is 2.35. The summed E-state index contributed by atoms with van der Waals surface area (Å²) in [5, 5.41) is 0. The van der Waals surface area contributed by atoms with Gasteiger partial charge in [0.15, 0.2) is 0 Å². The molecule has 0 aromatic rings. The molecule has 0 amide bonds. The topological polar surface area (TPSA) is 29.3 Å². The van der Waals surface area contributed by atoms with Gasteiger partial charge in [-0.3, -0.25) is 0 Å². The third kappa shape index (κ3) is 3.18. The Morgan fingerprint density at radius 1 is 1.13 bits per heavy atom. The normalized spacial score (nSPS) is 20.2. The van der Waals surface area contributed by atoms with Crippen LogP contribution in [0.15, 0.2) is 0 Å². The molecule has 1 fully saturated rings. The molecular formula is C13H28N2. The molecule has 0 unspecified atom stereocenters. The molecule has 0 bridgehead atoms. The first kappa shape index (κ1) is 13.0. The maximum atomic E-state index is 6.23. The Bertz CT molecular complexity index is 197. The fraction of sp³-hybridized carbons (Fsp3) is 1.00. The molecule has 2 N–H and O–H groups in total. The fourth-order valence-corrected chi connectivity index (χ4v) is 2.30. The third-order valence-corrected chi connectivity index (χ3v) is 4.34. The highest BCUT2D eigenvalue weighted by molar-refractivity contribution is 4.93. The summed E-state index contributed by atoms with van der Waals surface area (Å²) in [7, 11) is 2.25. The summed E-state index contributed by atoms with van der Waals surface area (Å²) in [6.45, 7) is 9.92. The second-order valence-corrected chi connectivity index (χ2v) is 6.46. The Balaban J connectivity index is 2.52. The molecule has 0 radical (unpaired) electrons. The molecule has 90 valence electrons. The van der Waals surface area contributed by atoms with E-state index in [1.165, 1.54) is 25.7 Å². The maximum absolute atomic E-state index is 6.23. The minimum absolute atomic E-state index is 0.111. The van der Waals surface area contributed by atoms with E-state index in [-0.39, 0.29) is 11.0 Å². The van der Waals surface area contributed by atoms with Crippen molar-refractivity contribution in [3.05, 3.63) is 0 Å². The Morgan fingerprint density at radius 2 is 1.60 bits per heavy atom. The van der Waals surface area contributed by atoms with E-state index in [9.17, 15) is 0 Å². The van der Waals surface area contributed by atoms with E-state index in [0.29, 0.717) is 0 Å². The molecule has 1 saturated carbocycles. The summed E-state index contributed by atoms with van der Waals surface area (Å²) in [6.07, 6.45) is 5.55. The summed E-state index contributed by atoms with van der Waals surface area (Å²) in [6, 6.07) is 0.798. The van der Waals surface area contributed by atoms with Crippen molar-refractivity contribution in [2.45, 2.75) is 65.0 Å². The highest BCUT2D eigenvalue weighted by atomic mass is 15.1. The third-order valence-electron chi connectivity index (χ3n) is 4.34. The minimum Gasteiger partial charge on any atom is -0.325 e. The molecule has 0 heterocycles. The van der Waals surface area contributed by atoms with E-state index in [0.717, 1.165) is 12.6 Å².